The fraction of sp³-hybridized carbons (Fsp3) is 0.333. The summed E-state index contributed by atoms with van der Waals surface area (Å²) in [6.07, 6.45) is 6.71. The average Bonchev–Trinajstić information content (AvgIpc) is 2.99. The molecule has 2 N–H and O–H groups in total. The van der Waals surface area contributed by atoms with E-state index in [2.05, 4.69) is 39.0 Å². The minimum atomic E-state index is -3.32. The van der Waals surface area contributed by atoms with Crippen LogP contribution in [0.2, 0.25) is 0 Å². The summed E-state index contributed by atoms with van der Waals surface area (Å²) in [5, 5.41) is 4.10. The highest BCUT2D eigenvalue weighted by Crippen LogP contribution is 2.25. The largest absolute Gasteiger partial charge is 0.457 e. The molecule has 226 valence electrons. The number of sulfonamides is 1. The quantitative estimate of drug-likeness (QED) is 0.198. The highest BCUT2D eigenvalue weighted by atomic mass is 32.2. The van der Waals surface area contributed by atoms with Crippen molar-refractivity contribution < 1.29 is 17.9 Å². The van der Waals surface area contributed by atoms with Gasteiger partial charge in [-0.05, 0) is 73.4 Å². The molecule has 1 fully saturated rings. The maximum Gasteiger partial charge on any atom is 0.322 e. The van der Waals surface area contributed by atoms with Crippen molar-refractivity contribution in [3.8, 4) is 11.5 Å². The van der Waals surface area contributed by atoms with Crippen LogP contribution in [0.25, 0.3) is 10.9 Å². The van der Waals surface area contributed by atoms with Crippen LogP contribution in [-0.4, -0.2) is 61.2 Å². The number of rotatable bonds is 11. The summed E-state index contributed by atoms with van der Waals surface area (Å²) in [6, 6.07) is 24.9. The van der Waals surface area contributed by atoms with E-state index in [4.69, 9.17) is 4.74 Å². The number of nitrogens with zero attached hydrogens (tertiary/aromatic N) is 3. The number of hydrogen-bond donors (Lipinski definition) is 2. The summed E-state index contributed by atoms with van der Waals surface area (Å²) in [7, 11) is -3.32. The molecule has 5 rings (SSSR count). The molecule has 1 aromatic heterocycles. The predicted molar refractivity (Wildman–Crippen MR) is 172 cm³/mol. The van der Waals surface area contributed by atoms with Gasteiger partial charge in [-0.25, -0.2) is 13.2 Å². The van der Waals surface area contributed by atoms with Crippen molar-refractivity contribution in [2.45, 2.75) is 45.2 Å². The lowest BCUT2D eigenvalue weighted by molar-refractivity contribution is 0.122. The molecule has 10 heteroatoms. The van der Waals surface area contributed by atoms with Crippen LogP contribution in [0.5, 0.6) is 11.5 Å². The van der Waals surface area contributed by atoms with Crippen molar-refractivity contribution in [1.82, 2.24) is 14.8 Å². The van der Waals surface area contributed by atoms with Gasteiger partial charge in [-0.1, -0.05) is 43.7 Å². The predicted octanol–water partition coefficient (Wildman–Crippen LogP) is 6.70. The molecule has 4 aromatic rings. The molecule has 1 aliphatic rings. The van der Waals surface area contributed by atoms with E-state index >= 15 is 0 Å². The lowest BCUT2D eigenvalue weighted by atomic mass is 10.0. The third-order valence-electron chi connectivity index (χ3n) is 7.58. The Kier molecular flexibility index (Phi) is 9.79. The van der Waals surface area contributed by atoms with Crippen LogP contribution in [0.3, 0.4) is 0 Å². The lowest BCUT2D eigenvalue weighted by Crippen LogP contribution is -2.49. The van der Waals surface area contributed by atoms with Gasteiger partial charge in [-0.3, -0.25) is 14.6 Å². The maximum absolute atomic E-state index is 13.4. The molecule has 0 unspecified atom stereocenters. The normalized spacial score (nSPS) is 14.4. The summed E-state index contributed by atoms with van der Waals surface area (Å²) in [4.78, 5) is 22.3. The Bertz CT molecular complexity index is 1620. The number of hydrogen-bond acceptors (Lipinski definition) is 6. The van der Waals surface area contributed by atoms with E-state index in [1.54, 1.807) is 30.5 Å². The van der Waals surface area contributed by atoms with Crippen LogP contribution < -0.4 is 14.8 Å². The Hall–Kier alpha value is -4.15. The number of urea groups is 1. The number of ether oxygens (including phenoxy) is 1. The Morgan fingerprint density at radius 1 is 0.977 bits per heavy atom. The molecular formula is C33H39N5O4S. The molecule has 0 aliphatic carbocycles. The number of likely N-dealkylation sites (tertiary alicyclic amines) is 1. The number of pyridine rings is 1. The first-order valence-electron chi connectivity index (χ1n) is 14.7. The number of benzene rings is 3. The second kappa shape index (κ2) is 13.9. The molecule has 2 heterocycles. The smallest absolute Gasteiger partial charge is 0.322 e. The molecule has 9 nitrogen and oxygen atoms in total. The van der Waals surface area contributed by atoms with Crippen LogP contribution >= 0.6 is 0 Å². The molecule has 2 amide bonds. The highest BCUT2D eigenvalue weighted by molar-refractivity contribution is 7.92. The van der Waals surface area contributed by atoms with Crippen molar-refractivity contribution in [2.24, 2.45) is 0 Å². The topological polar surface area (TPSA) is 104 Å². The Morgan fingerprint density at radius 2 is 1.65 bits per heavy atom. The number of unbranched alkanes of at least 4 members (excludes halogenated alkanes) is 1. The minimum Gasteiger partial charge on any atom is -0.457 e. The summed E-state index contributed by atoms with van der Waals surface area (Å²) in [6.45, 7) is 5.57. The first-order chi connectivity index (χ1) is 20.8. The maximum atomic E-state index is 13.4. The average molecular weight is 602 g/mol. The van der Waals surface area contributed by atoms with Crippen LogP contribution in [0, 0.1) is 0 Å². The van der Waals surface area contributed by atoms with E-state index in [0.29, 0.717) is 17.2 Å². The molecule has 1 aliphatic heterocycles. The van der Waals surface area contributed by atoms with E-state index in [0.717, 1.165) is 74.7 Å². The van der Waals surface area contributed by atoms with Gasteiger partial charge in [-0.15, -0.1) is 0 Å². The zero-order chi connectivity index (χ0) is 30.2. The van der Waals surface area contributed by atoms with Crippen LogP contribution in [-0.2, 0) is 16.6 Å². The summed E-state index contributed by atoms with van der Waals surface area (Å²) >= 11 is 0. The third-order valence-corrected chi connectivity index (χ3v) is 8.18. The molecule has 43 heavy (non-hydrogen) atoms. The first-order valence-corrected chi connectivity index (χ1v) is 16.6. The molecule has 0 saturated carbocycles. The van der Waals surface area contributed by atoms with E-state index in [9.17, 15) is 13.2 Å². The highest BCUT2D eigenvalue weighted by Gasteiger charge is 2.28. The molecule has 0 atom stereocenters. The van der Waals surface area contributed by atoms with Crippen LogP contribution in [0.15, 0.2) is 85.1 Å². The van der Waals surface area contributed by atoms with Crippen molar-refractivity contribution in [1.29, 1.82) is 0 Å². The standard InChI is InChI=1S/C33H39N5O4S/c1-3-4-19-38(33(39)35-28-22-26-7-5-6-8-32(26)34-23-28)29-17-20-37(21-18-29)24-25-9-13-30(14-10-25)42-31-15-11-27(12-16-31)36-43(2,40)41/h5-16,22-23,29,36H,3-4,17-21,24H2,1-2H3,(H,35,39). The molecule has 0 radical (unpaired) electrons. The lowest BCUT2D eigenvalue weighted by Gasteiger charge is -2.38. The summed E-state index contributed by atoms with van der Waals surface area (Å²) < 4.78 is 31.2. The molecule has 3 aromatic carbocycles. The zero-order valence-electron chi connectivity index (χ0n) is 24.7. The van der Waals surface area contributed by atoms with E-state index in [-0.39, 0.29) is 12.1 Å². The molecule has 0 bridgehead atoms. The van der Waals surface area contributed by atoms with Gasteiger partial charge in [0.15, 0.2) is 0 Å². The van der Waals surface area contributed by atoms with Gasteiger partial charge in [0.2, 0.25) is 10.0 Å². The number of amides is 2. The van der Waals surface area contributed by atoms with Crippen molar-refractivity contribution in [3.63, 3.8) is 0 Å². The summed E-state index contributed by atoms with van der Waals surface area (Å²) in [5.74, 6) is 1.34. The van der Waals surface area contributed by atoms with Crippen molar-refractivity contribution >= 4 is 38.3 Å². The second-order valence-corrected chi connectivity index (χ2v) is 12.8. The number of piperidine rings is 1. The van der Waals surface area contributed by atoms with Gasteiger partial charge in [-0.2, -0.15) is 0 Å². The van der Waals surface area contributed by atoms with Gasteiger partial charge in [0.25, 0.3) is 0 Å². The molecular weight excluding hydrogens is 562 g/mol. The van der Waals surface area contributed by atoms with E-state index in [1.165, 1.54) is 5.56 Å². The SMILES string of the molecule is CCCCN(C(=O)Nc1cnc2ccccc2c1)C1CCN(Cc2ccc(Oc3ccc(NS(C)(=O)=O)cc3)cc2)CC1. The Morgan fingerprint density at radius 3 is 2.33 bits per heavy atom. The Balaban J connectivity index is 1.13. The van der Waals surface area contributed by atoms with E-state index in [1.807, 2.05) is 47.4 Å². The molecule has 1 saturated heterocycles. The minimum absolute atomic E-state index is 0.0548. The third kappa shape index (κ3) is 8.68. The number of para-hydroxylation sites is 1. The second-order valence-electron chi connectivity index (χ2n) is 11.0. The van der Waals surface area contributed by atoms with Crippen LogP contribution in [0.1, 0.15) is 38.2 Å². The number of nitrogens with one attached hydrogen (secondary N) is 2. The van der Waals surface area contributed by atoms with Gasteiger partial charge in [0.05, 0.1) is 23.7 Å². The fourth-order valence-corrected chi connectivity index (χ4v) is 5.93. The fourth-order valence-electron chi connectivity index (χ4n) is 5.36. The van der Waals surface area contributed by atoms with Gasteiger partial charge in [0, 0.05) is 43.3 Å². The van der Waals surface area contributed by atoms with Crippen molar-refractivity contribution in [3.05, 3.63) is 90.6 Å². The number of fused-ring (bicyclic) bond motifs is 1. The van der Waals surface area contributed by atoms with Crippen molar-refractivity contribution in [2.75, 3.05) is 35.9 Å². The number of carbonyl (C=O) groups is 1. The monoisotopic (exact) mass is 601 g/mol. The number of anilines is 2. The number of aromatic nitrogens is 1. The van der Waals surface area contributed by atoms with Gasteiger partial charge in [0.1, 0.15) is 11.5 Å². The Labute approximate surface area is 253 Å². The first kappa shape index (κ1) is 30.3. The summed E-state index contributed by atoms with van der Waals surface area (Å²) in [5.41, 5.74) is 3.32. The van der Waals surface area contributed by atoms with Gasteiger partial charge >= 0.3 is 6.03 Å². The number of carbonyl (C=O) groups excluding carboxylic acids is 1. The molecule has 0 spiro atoms. The van der Waals surface area contributed by atoms with E-state index < -0.39 is 10.0 Å². The zero-order valence-corrected chi connectivity index (χ0v) is 25.5. The van der Waals surface area contributed by atoms with Gasteiger partial charge < -0.3 is 15.0 Å². The van der Waals surface area contributed by atoms with Crippen LogP contribution in [0.4, 0.5) is 16.2 Å².